The Balaban J connectivity index is 1.74. The molecule has 0 aromatic heterocycles. The number of carbonyl (C=O) groups excluding carboxylic acids is 1. The van der Waals surface area contributed by atoms with Crippen LogP contribution in [0.2, 0.25) is 0 Å². The lowest BCUT2D eigenvalue weighted by atomic mass is 10.0. The summed E-state index contributed by atoms with van der Waals surface area (Å²) in [6, 6.07) is 18.5. The van der Waals surface area contributed by atoms with Gasteiger partial charge in [-0.1, -0.05) is 48.5 Å². The molecule has 0 aliphatic carbocycles. The number of para-hydroxylation sites is 1. The van der Waals surface area contributed by atoms with Gasteiger partial charge in [-0.05, 0) is 31.0 Å². The predicted octanol–water partition coefficient (Wildman–Crippen LogP) is 2.69. The molecule has 0 radical (unpaired) electrons. The minimum atomic E-state index is -0.591. The number of benzene rings is 2. The van der Waals surface area contributed by atoms with Crippen LogP contribution in [-0.2, 0) is 4.79 Å². The average Bonchev–Trinajstić information content (AvgIpc) is 2.54. The molecule has 2 aromatic carbocycles. The molecule has 2 N–H and O–H groups in total. The monoisotopic (exact) mass is 299 g/mol. The Kier molecular flexibility index (Phi) is 5.98. The molecule has 2 rings (SSSR count). The highest BCUT2D eigenvalue weighted by Gasteiger charge is 2.14. The largest absolute Gasteiger partial charge is 0.484 e. The standard InChI is InChI=1S/C18H21NO3/c1-14(12-17(20)15-8-4-2-5-9-15)19-18(21)13-22-16-10-6-3-7-11-16/h2-11,14,17,20H,12-13H2,1H3,(H,19,21)/t14-,17-/m0/s1. The summed E-state index contributed by atoms with van der Waals surface area (Å²) in [5.74, 6) is 0.464. The van der Waals surface area contributed by atoms with Crippen LogP contribution in [0.4, 0.5) is 0 Å². The second-order valence-electron chi connectivity index (χ2n) is 5.23. The first kappa shape index (κ1) is 16.0. The number of nitrogens with one attached hydrogen (secondary N) is 1. The van der Waals surface area contributed by atoms with Crippen molar-refractivity contribution in [2.75, 3.05) is 6.61 Å². The van der Waals surface area contributed by atoms with Crippen LogP contribution in [-0.4, -0.2) is 23.7 Å². The van der Waals surface area contributed by atoms with Gasteiger partial charge in [0.15, 0.2) is 6.61 Å². The van der Waals surface area contributed by atoms with Crippen molar-refractivity contribution in [3.63, 3.8) is 0 Å². The maximum absolute atomic E-state index is 11.8. The van der Waals surface area contributed by atoms with E-state index in [9.17, 15) is 9.90 Å². The van der Waals surface area contributed by atoms with E-state index in [-0.39, 0.29) is 18.6 Å². The Hall–Kier alpha value is -2.33. The van der Waals surface area contributed by atoms with Crippen LogP contribution < -0.4 is 10.1 Å². The fourth-order valence-corrected chi connectivity index (χ4v) is 2.19. The SMILES string of the molecule is C[C@@H](C[C@H](O)c1ccccc1)NC(=O)COc1ccccc1. The summed E-state index contributed by atoms with van der Waals surface area (Å²) < 4.78 is 5.38. The van der Waals surface area contributed by atoms with E-state index in [4.69, 9.17) is 4.74 Å². The summed E-state index contributed by atoms with van der Waals surface area (Å²) in [5, 5.41) is 13.0. The number of carbonyl (C=O) groups is 1. The minimum Gasteiger partial charge on any atom is -0.484 e. The number of aliphatic hydroxyl groups excluding tert-OH is 1. The molecule has 0 aliphatic rings. The lowest BCUT2D eigenvalue weighted by Crippen LogP contribution is -2.37. The quantitative estimate of drug-likeness (QED) is 0.826. The molecule has 0 heterocycles. The van der Waals surface area contributed by atoms with Gasteiger partial charge in [0.1, 0.15) is 5.75 Å². The molecule has 0 spiro atoms. The lowest BCUT2D eigenvalue weighted by molar-refractivity contribution is -0.123. The van der Waals surface area contributed by atoms with Gasteiger partial charge >= 0.3 is 0 Å². The van der Waals surface area contributed by atoms with Crippen molar-refractivity contribution in [1.82, 2.24) is 5.32 Å². The van der Waals surface area contributed by atoms with Crippen molar-refractivity contribution in [3.8, 4) is 5.75 Å². The summed E-state index contributed by atoms with van der Waals surface area (Å²) in [6.07, 6.45) is -0.132. The molecular formula is C18H21NO3. The van der Waals surface area contributed by atoms with Crippen molar-refractivity contribution >= 4 is 5.91 Å². The summed E-state index contributed by atoms with van der Waals surface area (Å²) >= 11 is 0. The normalized spacial score (nSPS) is 13.2. The third-order valence-corrected chi connectivity index (χ3v) is 3.28. The first-order chi connectivity index (χ1) is 10.6. The second kappa shape index (κ2) is 8.20. The van der Waals surface area contributed by atoms with E-state index in [1.54, 1.807) is 12.1 Å². The maximum atomic E-state index is 11.8. The van der Waals surface area contributed by atoms with Crippen molar-refractivity contribution in [3.05, 3.63) is 66.2 Å². The molecule has 0 saturated heterocycles. The third kappa shape index (κ3) is 5.22. The van der Waals surface area contributed by atoms with Crippen LogP contribution in [0.1, 0.15) is 25.0 Å². The van der Waals surface area contributed by atoms with Gasteiger partial charge in [0.25, 0.3) is 5.91 Å². The molecular weight excluding hydrogens is 278 g/mol. The molecule has 0 saturated carbocycles. The highest BCUT2D eigenvalue weighted by molar-refractivity contribution is 5.77. The highest BCUT2D eigenvalue weighted by atomic mass is 16.5. The van der Waals surface area contributed by atoms with E-state index < -0.39 is 6.10 Å². The number of rotatable bonds is 7. The number of hydrogen-bond acceptors (Lipinski definition) is 3. The zero-order valence-corrected chi connectivity index (χ0v) is 12.6. The highest BCUT2D eigenvalue weighted by Crippen LogP contribution is 2.17. The van der Waals surface area contributed by atoms with Crippen molar-refractivity contribution < 1.29 is 14.6 Å². The van der Waals surface area contributed by atoms with Crippen LogP contribution in [0, 0.1) is 0 Å². The van der Waals surface area contributed by atoms with E-state index in [1.165, 1.54) is 0 Å². The summed E-state index contributed by atoms with van der Waals surface area (Å²) in [7, 11) is 0. The molecule has 2 atom stereocenters. The van der Waals surface area contributed by atoms with E-state index in [2.05, 4.69) is 5.32 Å². The summed E-state index contributed by atoms with van der Waals surface area (Å²) in [5.41, 5.74) is 0.851. The Morgan fingerprint density at radius 1 is 1.09 bits per heavy atom. The van der Waals surface area contributed by atoms with Crippen molar-refractivity contribution in [2.45, 2.75) is 25.5 Å². The van der Waals surface area contributed by atoms with Gasteiger partial charge in [-0.2, -0.15) is 0 Å². The van der Waals surface area contributed by atoms with Gasteiger partial charge in [0.2, 0.25) is 0 Å². The predicted molar refractivity (Wildman–Crippen MR) is 85.6 cm³/mol. The molecule has 4 nitrogen and oxygen atoms in total. The molecule has 0 aliphatic heterocycles. The number of ether oxygens (including phenoxy) is 1. The first-order valence-corrected chi connectivity index (χ1v) is 7.35. The zero-order chi connectivity index (χ0) is 15.8. The third-order valence-electron chi connectivity index (χ3n) is 3.28. The van der Waals surface area contributed by atoms with Crippen LogP contribution >= 0.6 is 0 Å². The second-order valence-corrected chi connectivity index (χ2v) is 5.23. The van der Waals surface area contributed by atoms with Gasteiger partial charge in [-0.25, -0.2) is 0 Å². The number of hydrogen-bond donors (Lipinski definition) is 2. The van der Waals surface area contributed by atoms with Gasteiger partial charge in [-0.3, -0.25) is 4.79 Å². The Morgan fingerprint density at radius 3 is 2.32 bits per heavy atom. The molecule has 0 bridgehead atoms. The molecule has 0 fully saturated rings. The maximum Gasteiger partial charge on any atom is 0.258 e. The molecule has 4 heteroatoms. The molecule has 22 heavy (non-hydrogen) atoms. The van der Waals surface area contributed by atoms with E-state index >= 15 is 0 Å². The summed E-state index contributed by atoms with van der Waals surface area (Å²) in [6.45, 7) is 1.84. The number of amides is 1. The summed E-state index contributed by atoms with van der Waals surface area (Å²) in [4.78, 5) is 11.8. The fourth-order valence-electron chi connectivity index (χ4n) is 2.19. The van der Waals surface area contributed by atoms with Crippen molar-refractivity contribution in [2.24, 2.45) is 0 Å². The fraction of sp³-hybridized carbons (Fsp3) is 0.278. The smallest absolute Gasteiger partial charge is 0.258 e. The Bertz CT molecular complexity index is 571. The first-order valence-electron chi connectivity index (χ1n) is 7.35. The van der Waals surface area contributed by atoms with Crippen LogP contribution in [0.5, 0.6) is 5.75 Å². The van der Waals surface area contributed by atoms with Crippen LogP contribution in [0.15, 0.2) is 60.7 Å². The van der Waals surface area contributed by atoms with Crippen LogP contribution in [0.3, 0.4) is 0 Å². The van der Waals surface area contributed by atoms with E-state index in [0.717, 1.165) is 5.56 Å². The lowest BCUT2D eigenvalue weighted by Gasteiger charge is -2.18. The average molecular weight is 299 g/mol. The molecule has 2 aromatic rings. The molecule has 1 amide bonds. The van der Waals surface area contributed by atoms with Gasteiger partial charge < -0.3 is 15.2 Å². The zero-order valence-electron chi connectivity index (χ0n) is 12.6. The van der Waals surface area contributed by atoms with Gasteiger partial charge in [0.05, 0.1) is 6.10 Å². The molecule has 116 valence electrons. The number of aliphatic hydroxyl groups is 1. The van der Waals surface area contributed by atoms with Gasteiger partial charge in [-0.15, -0.1) is 0 Å². The van der Waals surface area contributed by atoms with Crippen LogP contribution in [0.25, 0.3) is 0 Å². The van der Waals surface area contributed by atoms with Crippen molar-refractivity contribution in [1.29, 1.82) is 0 Å². The topological polar surface area (TPSA) is 58.6 Å². The minimum absolute atomic E-state index is 0.0320. The van der Waals surface area contributed by atoms with E-state index in [1.807, 2.05) is 55.5 Å². The molecule has 0 unspecified atom stereocenters. The van der Waals surface area contributed by atoms with E-state index in [0.29, 0.717) is 12.2 Å². The van der Waals surface area contributed by atoms with Gasteiger partial charge in [0, 0.05) is 6.04 Å². The Morgan fingerprint density at radius 2 is 1.68 bits per heavy atom. The Labute approximate surface area is 130 Å².